The number of thiazole rings is 1. The van der Waals surface area contributed by atoms with Gasteiger partial charge in [-0.2, -0.15) is 0 Å². The van der Waals surface area contributed by atoms with E-state index in [4.69, 9.17) is 14.1 Å². The van der Waals surface area contributed by atoms with E-state index in [0.717, 1.165) is 46.6 Å². The van der Waals surface area contributed by atoms with Gasteiger partial charge >= 0.3 is 0 Å². The number of carbonyl (C=O) groups is 1. The number of carbonyl (C=O) groups excluding carboxylic acids is 1. The van der Waals surface area contributed by atoms with Gasteiger partial charge in [-0.05, 0) is 66.3 Å². The third kappa shape index (κ3) is 4.50. The molecule has 7 rings (SSSR count). The summed E-state index contributed by atoms with van der Waals surface area (Å²) in [6.45, 7) is 2.54. The van der Waals surface area contributed by atoms with Crippen LogP contribution in [-0.2, 0) is 6.42 Å². The van der Waals surface area contributed by atoms with E-state index in [9.17, 15) is 14.7 Å². The molecule has 0 saturated carbocycles. The van der Waals surface area contributed by atoms with Crippen molar-refractivity contribution in [2.24, 2.45) is 4.99 Å². The van der Waals surface area contributed by atoms with Gasteiger partial charge in [0.1, 0.15) is 17.3 Å². The predicted octanol–water partition coefficient (Wildman–Crippen LogP) is 4.34. The Hall–Kier alpha value is -4.95. The molecule has 1 aliphatic heterocycles. The van der Waals surface area contributed by atoms with Crippen LogP contribution in [0.25, 0.3) is 23.1 Å². The third-order valence-corrected chi connectivity index (χ3v) is 8.67. The minimum Gasteiger partial charge on any atom is -0.545 e. The van der Waals surface area contributed by atoms with Gasteiger partial charge in [-0.3, -0.25) is 9.36 Å². The van der Waals surface area contributed by atoms with Crippen molar-refractivity contribution in [2.75, 3.05) is 6.61 Å². The fourth-order valence-corrected chi connectivity index (χ4v) is 6.70. The number of fused-ring (bicyclic) bond motifs is 3. The molecule has 0 saturated heterocycles. The van der Waals surface area contributed by atoms with E-state index in [1.807, 2.05) is 41.8 Å². The summed E-state index contributed by atoms with van der Waals surface area (Å²) in [7, 11) is 0. The number of hydrogen-bond acceptors (Lipinski definition) is 7. The normalized spacial score (nSPS) is 15.9. The van der Waals surface area contributed by atoms with E-state index in [2.05, 4.69) is 18.2 Å². The topological polar surface area (TPSA) is 96.9 Å². The largest absolute Gasteiger partial charge is 0.545 e. The van der Waals surface area contributed by atoms with Crippen molar-refractivity contribution in [3.63, 3.8) is 0 Å². The lowest BCUT2D eigenvalue weighted by molar-refractivity contribution is -0.255. The molecule has 0 spiro atoms. The lowest BCUT2D eigenvalue weighted by Crippen LogP contribution is -2.38. The molecule has 8 heteroatoms. The van der Waals surface area contributed by atoms with Gasteiger partial charge in [0.2, 0.25) is 0 Å². The first-order valence-electron chi connectivity index (χ1n) is 13.8. The minimum absolute atomic E-state index is 0.0963. The molecule has 2 aromatic heterocycles. The summed E-state index contributed by atoms with van der Waals surface area (Å²) in [5, 5.41) is 11.1. The number of aromatic nitrogens is 1. The van der Waals surface area contributed by atoms with Crippen LogP contribution in [0.2, 0.25) is 0 Å². The van der Waals surface area contributed by atoms with Crippen LogP contribution in [-0.4, -0.2) is 17.1 Å². The van der Waals surface area contributed by atoms with Crippen molar-refractivity contribution in [3.05, 3.63) is 138 Å². The first kappa shape index (κ1) is 26.0. The highest BCUT2D eigenvalue weighted by Crippen LogP contribution is 2.41. The number of allylic oxidation sites excluding steroid dienone is 1. The van der Waals surface area contributed by atoms with Crippen molar-refractivity contribution in [1.29, 1.82) is 0 Å². The van der Waals surface area contributed by atoms with Crippen LogP contribution in [0.15, 0.2) is 105 Å². The molecule has 3 aromatic carbocycles. The monoisotopic (exact) mass is 573 g/mol. The Kier molecular flexibility index (Phi) is 6.47. The van der Waals surface area contributed by atoms with Crippen LogP contribution in [0.3, 0.4) is 0 Å². The molecule has 3 heterocycles. The minimum atomic E-state index is -1.23. The summed E-state index contributed by atoms with van der Waals surface area (Å²) in [6.07, 6.45) is 3.45. The number of carboxylic acid groups (broad SMARTS) is 1. The van der Waals surface area contributed by atoms with Gasteiger partial charge < -0.3 is 19.1 Å². The van der Waals surface area contributed by atoms with E-state index < -0.39 is 5.97 Å². The summed E-state index contributed by atoms with van der Waals surface area (Å²) in [6, 6.07) is 25.9. The number of nitrogens with zero attached hydrogens (tertiary/aromatic N) is 2. The van der Waals surface area contributed by atoms with Gasteiger partial charge in [0.15, 0.2) is 4.80 Å². The van der Waals surface area contributed by atoms with Crippen LogP contribution in [0.5, 0.6) is 5.75 Å². The van der Waals surface area contributed by atoms with Gasteiger partial charge in [0.25, 0.3) is 5.56 Å². The summed E-state index contributed by atoms with van der Waals surface area (Å²) >= 11 is 1.34. The molecule has 0 N–H and O–H groups in total. The fourth-order valence-electron chi connectivity index (χ4n) is 5.72. The van der Waals surface area contributed by atoms with Crippen LogP contribution in [0, 0.1) is 0 Å². The molecule has 1 atom stereocenters. The molecule has 0 bridgehead atoms. The zero-order chi connectivity index (χ0) is 28.8. The lowest BCUT2D eigenvalue weighted by atomic mass is 9.83. The van der Waals surface area contributed by atoms with Crippen molar-refractivity contribution < 1.29 is 19.1 Å². The van der Waals surface area contributed by atoms with Gasteiger partial charge in [-0.15, -0.1) is 0 Å². The molecule has 0 amide bonds. The third-order valence-electron chi connectivity index (χ3n) is 7.69. The van der Waals surface area contributed by atoms with Gasteiger partial charge in [0, 0.05) is 17.2 Å². The summed E-state index contributed by atoms with van der Waals surface area (Å²) in [5.74, 6) is 0.648. The van der Waals surface area contributed by atoms with Crippen molar-refractivity contribution >= 4 is 29.1 Å². The van der Waals surface area contributed by atoms with E-state index in [1.165, 1.54) is 29.0 Å². The molecule has 2 aliphatic rings. The summed E-state index contributed by atoms with van der Waals surface area (Å²) in [4.78, 5) is 30.8. The Morgan fingerprint density at radius 2 is 1.83 bits per heavy atom. The second kappa shape index (κ2) is 10.5. The number of ether oxygens (including phenoxy) is 1. The second-order valence-corrected chi connectivity index (χ2v) is 11.2. The smallest absolute Gasteiger partial charge is 0.271 e. The van der Waals surface area contributed by atoms with Crippen molar-refractivity contribution in [2.45, 2.75) is 25.8 Å². The number of hydrogen-bond donors (Lipinski definition) is 0. The average Bonchev–Trinajstić information content (AvgIpc) is 3.61. The second-order valence-electron chi connectivity index (χ2n) is 10.2. The lowest BCUT2D eigenvalue weighted by Gasteiger charge is -2.30. The Morgan fingerprint density at radius 3 is 2.60 bits per heavy atom. The molecular formula is C34H25N2O5S-. The molecule has 5 aromatic rings. The summed E-state index contributed by atoms with van der Waals surface area (Å²) in [5.41, 5.74) is 6.17. The molecule has 0 unspecified atom stereocenters. The molecule has 7 nitrogen and oxygen atoms in total. The highest BCUT2D eigenvalue weighted by molar-refractivity contribution is 7.07. The van der Waals surface area contributed by atoms with E-state index >= 15 is 0 Å². The number of furan rings is 1. The standard InChI is InChI=1S/C34H26N2O5S/c1-2-40-24-14-11-22(12-15-24)31-27-17-13-20-5-3-4-6-26(20)30(27)35-34-36(31)32(37)29(42-34)19-25-16-18-28(41-25)21-7-9-23(10-8-21)33(38)39/h3-12,14-16,18-19,31H,2,13,17H2,1H3,(H,38,39)/p-1/b29-19-/t31-/m0/s1. The number of aryl methyl sites for hydroxylation is 1. The Morgan fingerprint density at radius 1 is 1.05 bits per heavy atom. The average molecular weight is 574 g/mol. The first-order valence-corrected chi connectivity index (χ1v) is 14.6. The predicted molar refractivity (Wildman–Crippen MR) is 159 cm³/mol. The maximum Gasteiger partial charge on any atom is 0.271 e. The summed E-state index contributed by atoms with van der Waals surface area (Å²) < 4.78 is 14.0. The molecule has 208 valence electrons. The zero-order valence-electron chi connectivity index (χ0n) is 22.7. The zero-order valence-corrected chi connectivity index (χ0v) is 23.5. The molecule has 0 fully saturated rings. The highest BCUT2D eigenvalue weighted by Gasteiger charge is 2.32. The first-order chi connectivity index (χ1) is 20.5. The molecule has 42 heavy (non-hydrogen) atoms. The van der Waals surface area contributed by atoms with Gasteiger partial charge in [-0.25, -0.2) is 4.99 Å². The Labute approximate surface area is 245 Å². The molecule has 1 aliphatic carbocycles. The maximum absolute atomic E-state index is 14.0. The number of benzene rings is 3. The van der Waals surface area contributed by atoms with E-state index in [1.54, 1.807) is 30.3 Å². The van der Waals surface area contributed by atoms with E-state index in [-0.39, 0.29) is 17.2 Å². The SMILES string of the molecule is CCOc1ccc([C@H]2C3=C(N=c4s/c(=C\c5ccc(-c6ccc(C(=O)[O-])cc6)o5)c(=O)n42)c2ccccc2CC3)cc1. The number of rotatable bonds is 6. The molecular weight excluding hydrogens is 548 g/mol. The number of carboxylic acids is 1. The van der Waals surface area contributed by atoms with Gasteiger partial charge in [-0.1, -0.05) is 72.0 Å². The quantitative estimate of drug-likeness (QED) is 0.301. The van der Waals surface area contributed by atoms with Crippen molar-refractivity contribution in [1.82, 2.24) is 4.57 Å². The maximum atomic E-state index is 14.0. The van der Waals surface area contributed by atoms with Crippen LogP contribution < -0.4 is 24.7 Å². The van der Waals surface area contributed by atoms with Crippen LogP contribution in [0.4, 0.5) is 0 Å². The van der Waals surface area contributed by atoms with Gasteiger partial charge in [0.05, 0.1) is 28.8 Å². The Bertz CT molecular complexity index is 2050. The van der Waals surface area contributed by atoms with Crippen LogP contribution >= 0.6 is 11.3 Å². The van der Waals surface area contributed by atoms with Crippen LogP contribution in [0.1, 0.15) is 52.2 Å². The van der Waals surface area contributed by atoms with Crippen molar-refractivity contribution in [3.8, 4) is 17.1 Å². The fraction of sp³-hybridized carbons (Fsp3) is 0.147. The highest BCUT2D eigenvalue weighted by atomic mass is 32.1. The Balaban J connectivity index is 1.34. The number of aromatic carboxylic acids is 1. The molecule has 0 radical (unpaired) electrons. The van der Waals surface area contributed by atoms with E-state index in [0.29, 0.717) is 27.5 Å².